The SMILES string of the molecule is CC(CCCl)CNC(=O)C1CCCC(C(F)(F)F)C1. The molecule has 1 aliphatic carbocycles. The van der Waals surface area contributed by atoms with Crippen LogP contribution in [0.25, 0.3) is 0 Å². The first kappa shape index (κ1) is 16.6. The molecule has 0 spiro atoms. The Hall–Kier alpha value is -0.450. The normalized spacial score (nSPS) is 25.9. The fourth-order valence-electron chi connectivity index (χ4n) is 2.43. The van der Waals surface area contributed by atoms with Gasteiger partial charge >= 0.3 is 6.18 Å². The summed E-state index contributed by atoms with van der Waals surface area (Å²) in [5.41, 5.74) is 0. The number of carbonyl (C=O) groups excluding carboxylic acids is 1. The molecule has 1 fully saturated rings. The molecule has 2 nitrogen and oxygen atoms in total. The van der Waals surface area contributed by atoms with Crippen LogP contribution in [0.5, 0.6) is 0 Å². The Labute approximate surface area is 117 Å². The molecule has 1 amide bonds. The first-order valence-corrected chi connectivity index (χ1v) is 7.28. The number of hydrogen-bond acceptors (Lipinski definition) is 1. The van der Waals surface area contributed by atoms with E-state index < -0.39 is 18.0 Å². The van der Waals surface area contributed by atoms with E-state index in [1.165, 1.54) is 0 Å². The molecule has 1 N–H and O–H groups in total. The van der Waals surface area contributed by atoms with E-state index in [9.17, 15) is 18.0 Å². The van der Waals surface area contributed by atoms with Crippen LogP contribution in [0.3, 0.4) is 0 Å². The van der Waals surface area contributed by atoms with E-state index in [-0.39, 0.29) is 24.7 Å². The predicted molar refractivity (Wildman–Crippen MR) is 69.0 cm³/mol. The van der Waals surface area contributed by atoms with Crippen molar-refractivity contribution in [3.8, 4) is 0 Å². The van der Waals surface area contributed by atoms with Gasteiger partial charge in [0.15, 0.2) is 0 Å². The second-order valence-corrected chi connectivity index (χ2v) is 5.81. The van der Waals surface area contributed by atoms with Gasteiger partial charge in [0.1, 0.15) is 0 Å². The van der Waals surface area contributed by atoms with Gasteiger partial charge in [0.25, 0.3) is 0 Å². The van der Waals surface area contributed by atoms with Crippen LogP contribution in [-0.4, -0.2) is 24.5 Å². The summed E-state index contributed by atoms with van der Waals surface area (Å²) < 4.78 is 37.9. The van der Waals surface area contributed by atoms with E-state index >= 15 is 0 Å². The van der Waals surface area contributed by atoms with E-state index in [0.29, 0.717) is 25.3 Å². The molecule has 0 bridgehead atoms. The van der Waals surface area contributed by atoms with Gasteiger partial charge in [-0.3, -0.25) is 4.79 Å². The van der Waals surface area contributed by atoms with Crippen molar-refractivity contribution in [2.24, 2.45) is 17.8 Å². The molecule has 0 aromatic rings. The second kappa shape index (κ2) is 7.36. The average molecular weight is 300 g/mol. The van der Waals surface area contributed by atoms with Crippen LogP contribution in [0.15, 0.2) is 0 Å². The maximum absolute atomic E-state index is 12.6. The monoisotopic (exact) mass is 299 g/mol. The number of hydrogen-bond donors (Lipinski definition) is 1. The highest BCUT2D eigenvalue weighted by molar-refractivity contribution is 6.17. The Balaban J connectivity index is 2.40. The van der Waals surface area contributed by atoms with Crippen molar-refractivity contribution in [2.45, 2.75) is 45.2 Å². The topological polar surface area (TPSA) is 29.1 Å². The summed E-state index contributed by atoms with van der Waals surface area (Å²) in [6.07, 6.45) is -2.28. The number of alkyl halides is 4. The summed E-state index contributed by atoms with van der Waals surface area (Å²) >= 11 is 5.59. The van der Waals surface area contributed by atoms with Crippen LogP contribution in [-0.2, 0) is 4.79 Å². The Morgan fingerprint density at radius 2 is 2.11 bits per heavy atom. The second-order valence-electron chi connectivity index (χ2n) is 5.43. The molecule has 0 aromatic carbocycles. The van der Waals surface area contributed by atoms with E-state index in [1.807, 2.05) is 6.92 Å². The summed E-state index contributed by atoms with van der Waals surface area (Å²) in [7, 11) is 0. The maximum atomic E-state index is 12.6. The highest BCUT2D eigenvalue weighted by Crippen LogP contribution is 2.39. The molecule has 19 heavy (non-hydrogen) atoms. The third-order valence-corrected chi connectivity index (χ3v) is 3.95. The van der Waals surface area contributed by atoms with E-state index in [4.69, 9.17) is 11.6 Å². The van der Waals surface area contributed by atoms with E-state index in [2.05, 4.69) is 5.32 Å². The van der Waals surface area contributed by atoms with Crippen LogP contribution in [0.2, 0.25) is 0 Å². The number of nitrogens with one attached hydrogen (secondary N) is 1. The van der Waals surface area contributed by atoms with Gasteiger partial charge in [0, 0.05) is 18.3 Å². The average Bonchev–Trinajstić information content (AvgIpc) is 2.35. The third kappa shape index (κ3) is 5.59. The van der Waals surface area contributed by atoms with Gasteiger partial charge in [0.05, 0.1) is 5.92 Å². The van der Waals surface area contributed by atoms with E-state index in [1.54, 1.807) is 0 Å². The molecule has 0 heterocycles. The minimum atomic E-state index is -4.18. The van der Waals surface area contributed by atoms with Gasteiger partial charge in [-0.1, -0.05) is 13.3 Å². The summed E-state index contributed by atoms with van der Waals surface area (Å²) in [6, 6.07) is 0. The summed E-state index contributed by atoms with van der Waals surface area (Å²) in [4.78, 5) is 11.9. The molecule has 6 heteroatoms. The standard InChI is InChI=1S/C13H21ClF3NO/c1-9(5-6-14)8-18-12(19)10-3-2-4-11(7-10)13(15,16)17/h9-11H,2-8H2,1H3,(H,18,19). The van der Waals surface area contributed by atoms with Crippen LogP contribution in [0, 0.1) is 17.8 Å². The number of carbonyl (C=O) groups is 1. The van der Waals surface area contributed by atoms with Crippen LogP contribution >= 0.6 is 11.6 Å². The quantitative estimate of drug-likeness (QED) is 0.770. The highest BCUT2D eigenvalue weighted by atomic mass is 35.5. The molecule has 1 saturated carbocycles. The lowest BCUT2D eigenvalue weighted by atomic mass is 9.80. The van der Waals surface area contributed by atoms with Crippen molar-refractivity contribution in [1.82, 2.24) is 5.32 Å². The van der Waals surface area contributed by atoms with Gasteiger partial charge in [-0.15, -0.1) is 11.6 Å². The van der Waals surface area contributed by atoms with Crippen LogP contribution < -0.4 is 5.32 Å². The van der Waals surface area contributed by atoms with E-state index in [0.717, 1.165) is 6.42 Å². The Morgan fingerprint density at radius 3 is 2.68 bits per heavy atom. The third-order valence-electron chi connectivity index (χ3n) is 3.73. The maximum Gasteiger partial charge on any atom is 0.391 e. The first-order valence-electron chi connectivity index (χ1n) is 6.75. The van der Waals surface area contributed by atoms with Crippen molar-refractivity contribution < 1.29 is 18.0 Å². The van der Waals surface area contributed by atoms with Gasteiger partial charge in [-0.05, 0) is 31.6 Å². The lowest BCUT2D eigenvalue weighted by Gasteiger charge is -2.30. The highest BCUT2D eigenvalue weighted by Gasteiger charge is 2.43. The largest absolute Gasteiger partial charge is 0.391 e. The number of amides is 1. The summed E-state index contributed by atoms with van der Waals surface area (Å²) in [5.74, 6) is -1.28. The van der Waals surface area contributed by atoms with Crippen molar-refractivity contribution in [2.75, 3.05) is 12.4 Å². The molecular formula is C13H21ClF3NO. The Bertz CT molecular complexity index is 296. The van der Waals surface area contributed by atoms with Crippen LogP contribution in [0.4, 0.5) is 13.2 Å². The Morgan fingerprint density at radius 1 is 1.42 bits per heavy atom. The number of rotatable bonds is 5. The lowest BCUT2D eigenvalue weighted by molar-refractivity contribution is -0.186. The smallest absolute Gasteiger partial charge is 0.356 e. The van der Waals surface area contributed by atoms with Crippen molar-refractivity contribution in [3.05, 3.63) is 0 Å². The minimum absolute atomic E-state index is 0.0702. The zero-order valence-electron chi connectivity index (χ0n) is 11.1. The molecule has 1 aliphatic rings. The zero-order chi connectivity index (χ0) is 14.5. The number of halogens is 4. The molecule has 0 aromatic heterocycles. The predicted octanol–water partition coefficient (Wildman–Crippen LogP) is 3.74. The zero-order valence-corrected chi connectivity index (χ0v) is 11.9. The fraction of sp³-hybridized carbons (Fsp3) is 0.923. The molecule has 3 atom stereocenters. The molecule has 0 aliphatic heterocycles. The van der Waals surface area contributed by atoms with Crippen molar-refractivity contribution >= 4 is 17.5 Å². The van der Waals surface area contributed by atoms with Crippen molar-refractivity contribution in [3.63, 3.8) is 0 Å². The molecule has 0 radical (unpaired) electrons. The molecule has 1 rings (SSSR count). The Kier molecular flexibility index (Phi) is 6.43. The van der Waals surface area contributed by atoms with Crippen molar-refractivity contribution in [1.29, 1.82) is 0 Å². The fourth-order valence-corrected chi connectivity index (χ4v) is 2.81. The molecule has 3 unspecified atom stereocenters. The molecule has 0 saturated heterocycles. The molecule has 112 valence electrons. The minimum Gasteiger partial charge on any atom is -0.356 e. The van der Waals surface area contributed by atoms with Gasteiger partial charge in [-0.2, -0.15) is 13.2 Å². The summed E-state index contributed by atoms with van der Waals surface area (Å²) in [6.45, 7) is 2.45. The molecular weight excluding hydrogens is 279 g/mol. The summed E-state index contributed by atoms with van der Waals surface area (Å²) in [5, 5.41) is 2.74. The first-order chi connectivity index (χ1) is 8.84. The van der Waals surface area contributed by atoms with Crippen LogP contribution in [0.1, 0.15) is 39.0 Å². The lowest BCUT2D eigenvalue weighted by Crippen LogP contribution is -2.38. The van der Waals surface area contributed by atoms with Gasteiger partial charge in [-0.25, -0.2) is 0 Å². The van der Waals surface area contributed by atoms with Gasteiger partial charge in [0.2, 0.25) is 5.91 Å². The van der Waals surface area contributed by atoms with Gasteiger partial charge < -0.3 is 5.32 Å².